The minimum atomic E-state index is -0.473. The highest BCUT2D eigenvalue weighted by Gasteiger charge is 2.27. The number of carbonyl (C=O) groups excluding carboxylic acids is 3. The summed E-state index contributed by atoms with van der Waals surface area (Å²) in [6, 6.07) is 7.25. The van der Waals surface area contributed by atoms with Crippen LogP contribution < -0.4 is 10.6 Å². The van der Waals surface area contributed by atoms with Crippen LogP contribution in [0.4, 0.5) is 0 Å². The number of rotatable bonds is 7. The van der Waals surface area contributed by atoms with Crippen LogP contribution in [0.15, 0.2) is 36.4 Å². The number of nitrogens with one attached hydrogen (secondary N) is 3. The molecule has 28 heavy (non-hydrogen) atoms. The molecular formula is C21H25N3O4. The van der Waals surface area contributed by atoms with E-state index >= 15 is 0 Å². The Labute approximate surface area is 163 Å². The fraction of sp³-hybridized carbons (Fsp3) is 0.381. The number of ether oxygens (including phenoxy) is 1. The molecule has 2 aromatic rings. The molecule has 1 fully saturated rings. The Morgan fingerprint density at radius 1 is 1.36 bits per heavy atom. The summed E-state index contributed by atoms with van der Waals surface area (Å²) in [5.74, 6) is -0.975. The molecule has 2 unspecified atom stereocenters. The van der Waals surface area contributed by atoms with E-state index in [1.54, 1.807) is 19.1 Å². The maximum atomic E-state index is 12.7. The first-order chi connectivity index (χ1) is 13.5. The number of esters is 1. The largest absolute Gasteiger partial charge is 0.463 e. The number of hydrogen-bond acceptors (Lipinski definition) is 4. The fourth-order valence-corrected chi connectivity index (χ4v) is 3.37. The maximum Gasteiger partial charge on any atom is 0.330 e. The first-order valence-electron chi connectivity index (χ1n) is 9.49. The molecule has 2 heterocycles. The van der Waals surface area contributed by atoms with Crippen LogP contribution in [0, 0.1) is 12.8 Å². The van der Waals surface area contributed by atoms with Crippen molar-refractivity contribution in [1.82, 2.24) is 15.6 Å². The van der Waals surface area contributed by atoms with Gasteiger partial charge in [0.2, 0.25) is 5.91 Å². The van der Waals surface area contributed by atoms with Crippen molar-refractivity contribution >= 4 is 28.7 Å². The first kappa shape index (κ1) is 19.7. The summed E-state index contributed by atoms with van der Waals surface area (Å²) in [4.78, 5) is 39.4. The lowest BCUT2D eigenvalue weighted by molar-refractivity contribution is -0.137. The summed E-state index contributed by atoms with van der Waals surface area (Å²) < 4.78 is 4.90. The molecule has 148 valence electrons. The van der Waals surface area contributed by atoms with Gasteiger partial charge in [0.15, 0.2) is 0 Å². The molecule has 2 atom stereocenters. The van der Waals surface area contributed by atoms with Gasteiger partial charge in [-0.05, 0) is 44.9 Å². The van der Waals surface area contributed by atoms with E-state index in [0.717, 1.165) is 16.5 Å². The topological polar surface area (TPSA) is 100 Å². The van der Waals surface area contributed by atoms with Crippen molar-refractivity contribution in [3.8, 4) is 0 Å². The monoisotopic (exact) mass is 383 g/mol. The lowest BCUT2D eigenvalue weighted by atomic mass is 9.98. The number of amides is 2. The number of hydrogen-bond donors (Lipinski definition) is 3. The predicted molar refractivity (Wildman–Crippen MR) is 106 cm³/mol. The minimum Gasteiger partial charge on any atom is -0.463 e. The molecule has 3 rings (SSSR count). The van der Waals surface area contributed by atoms with Gasteiger partial charge in [0, 0.05) is 35.5 Å². The van der Waals surface area contributed by atoms with Gasteiger partial charge in [-0.25, -0.2) is 4.79 Å². The predicted octanol–water partition coefficient (Wildman–Crippen LogP) is 2.22. The van der Waals surface area contributed by atoms with Gasteiger partial charge >= 0.3 is 5.97 Å². The van der Waals surface area contributed by atoms with Crippen LogP contribution >= 0.6 is 0 Å². The second kappa shape index (κ2) is 8.73. The molecule has 0 bridgehead atoms. The number of benzene rings is 1. The van der Waals surface area contributed by atoms with Gasteiger partial charge in [0.05, 0.1) is 6.61 Å². The molecular weight excluding hydrogens is 358 g/mol. The number of aromatic nitrogens is 1. The Kier molecular flexibility index (Phi) is 6.13. The molecule has 7 heteroatoms. The normalized spacial score (nSPS) is 17.6. The molecule has 1 aliphatic heterocycles. The van der Waals surface area contributed by atoms with Crippen LogP contribution in [0.2, 0.25) is 0 Å². The van der Waals surface area contributed by atoms with Crippen molar-refractivity contribution in [2.45, 2.75) is 32.7 Å². The van der Waals surface area contributed by atoms with E-state index in [2.05, 4.69) is 15.6 Å². The summed E-state index contributed by atoms with van der Waals surface area (Å²) in [5, 5.41) is 6.66. The minimum absolute atomic E-state index is 0.0233. The Bertz CT molecular complexity index is 916. The van der Waals surface area contributed by atoms with E-state index in [0.29, 0.717) is 25.1 Å². The zero-order valence-electron chi connectivity index (χ0n) is 16.1. The molecule has 7 nitrogen and oxygen atoms in total. The lowest BCUT2D eigenvalue weighted by Gasteiger charge is -2.17. The molecule has 1 aromatic heterocycles. The number of carbonyl (C=O) groups is 3. The Morgan fingerprint density at radius 2 is 2.18 bits per heavy atom. The average molecular weight is 383 g/mol. The van der Waals surface area contributed by atoms with Gasteiger partial charge in [-0.15, -0.1) is 0 Å². The highest BCUT2D eigenvalue weighted by atomic mass is 16.5. The molecule has 0 spiro atoms. The summed E-state index contributed by atoms with van der Waals surface area (Å²) in [6.45, 7) is 4.63. The van der Waals surface area contributed by atoms with Crippen LogP contribution in [0.25, 0.3) is 10.9 Å². The Morgan fingerprint density at radius 3 is 2.89 bits per heavy atom. The van der Waals surface area contributed by atoms with Crippen molar-refractivity contribution in [2.24, 2.45) is 5.92 Å². The van der Waals surface area contributed by atoms with Crippen LogP contribution in [-0.4, -0.2) is 42.0 Å². The summed E-state index contributed by atoms with van der Waals surface area (Å²) in [6.07, 6.45) is 4.03. The zero-order chi connectivity index (χ0) is 20.1. The summed E-state index contributed by atoms with van der Waals surface area (Å²) >= 11 is 0. The van der Waals surface area contributed by atoms with Crippen LogP contribution in [-0.2, 0) is 14.3 Å². The molecule has 1 saturated heterocycles. The molecule has 0 saturated carbocycles. The quantitative estimate of drug-likeness (QED) is 0.504. The number of aryl methyl sites for hydroxylation is 1. The van der Waals surface area contributed by atoms with E-state index < -0.39 is 12.0 Å². The second-order valence-electron chi connectivity index (χ2n) is 6.98. The van der Waals surface area contributed by atoms with Gasteiger partial charge < -0.3 is 20.4 Å². The third-order valence-corrected chi connectivity index (χ3v) is 4.79. The van der Waals surface area contributed by atoms with E-state index in [-0.39, 0.29) is 24.3 Å². The van der Waals surface area contributed by atoms with Crippen LogP contribution in [0.3, 0.4) is 0 Å². The molecule has 3 N–H and O–H groups in total. The highest BCUT2D eigenvalue weighted by molar-refractivity contribution is 5.98. The second-order valence-corrected chi connectivity index (χ2v) is 6.98. The molecule has 2 amide bonds. The van der Waals surface area contributed by atoms with Gasteiger partial charge in [-0.2, -0.15) is 0 Å². The van der Waals surface area contributed by atoms with E-state index in [4.69, 9.17) is 4.74 Å². The number of fused-ring (bicyclic) bond motifs is 1. The molecule has 1 aliphatic rings. The van der Waals surface area contributed by atoms with Crippen molar-refractivity contribution in [3.05, 3.63) is 47.7 Å². The first-order valence-corrected chi connectivity index (χ1v) is 9.49. The molecule has 0 radical (unpaired) electrons. The fourth-order valence-electron chi connectivity index (χ4n) is 3.37. The van der Waals surface area contributed by atoms with Gasteiger partial charge in [0.25, 0.3) is 5.91 Å². The maximum absolute atomic E-state index is 12.7. The third kappa shape index (κ3) is 4.79. The zero-order valence-corrected chi connectivity index (χ0v) is 16.1. The average Bonchev–Trinajstić information content (AvgIpc) is 3.25. The summed E-state index contributed by atoms with van der Waals surface area (Å²) in [5.41, 5.74) is 2.43. The highest BCUT2D eigenvalue weighted by Crippen LogP contribution is 2.19. The Balaban J connectivity index is 1.74. The van der Waals surface area contributed by atoms with E-state index in [1.807, 2.05) is 25.1 Å². The van der Waals surface area contributed by atoms with Crippen molar-refractivity contribution in [3.63, 3.8) is 0 Å². The summed E-state index contributed by atoms with van der Waals surface area (Å²) in [7, 11) is 0. The van der Waals surface area contributed by atoms with Gasteiger partial charge in [-0.3, -0.25) is 9.59 Å². The van der Waals surface area contributed by atoms with E-state index in [1.165, 1.54) is 6.08 Å². The van der Waals surface area contributed by atoms with Crippen LogP contribution in [0.5, 0.6) is 0 Å². The van der Waals surface area contributed by atoms with Crippen molar-refractivity contribution < 1.29 is 19.1 Å². The van der Waals surface area contributed by atoms with Crippen LogP contribution in [0.1, 0.15) is 35.8 Å². The SMILES string of the molecule is CCOC(=O)C=CC(CC1CCNC1=O)NC(=O)c1cc2cc(C)ccc2[nH]1. The van der Waals surface area contributed by atoms with Crippen molar-refractivity contribution in [2.75, 3.05) is 13.2 Å². The molecule has 1 aromatic carbocycles. The van der Waals surface area contributed by atoms with Gasteiger partial charge in [-0.1, -0.05) is 17.7 Å². The van der Waals surface area contributed by atoms with Gasteiger partial charge in [0.1, 0.15) is 5.69 Å². The molecule has 0 aliphatic carbocycles. The Hall–Kier alpha value is -3.09. The number of aromatic amines is 1. The van der Waals surface area contributed by atoms with E-state index in [9.17, 15) is 14.4 Å². The lowest BCUT2D eigenvalue weighted by Crippen LogP contribution is -2.36. The third-order valence-electron chi connectivity index (χ3n) is 4.79. The smallest absolute Gasteiger partial charge is 0.330 e. The number of H-pyrrole nitrogens is 1. The standard InChI is InChI=1S/C21H25N3O4/c1-3-28-19(25)7-5-16(11-14-8-9-22-20(14)26)23-21(27)18-12-15-10-13(2)4-6-17(15)24-18/h4-7,10,12,14,16,24H,3,8-9,11H2,1-2H3,(H,22,26)(H,23,27). The van der Waals surface area contributed by atoms with Crippen molar-refractivity contribution in [1.29, 1.82) is 0 Å².